The van der Waals surface area contributed by atoms with Gasteiger partial charge in [0.2, 0.25) is 17.8 Å². The Labute approximate surface area is 203 Å². The highest BCUT2D eigenvalue weighted by Crippen LogP contribution is 2.27. The summed E-state index contributed by atoms with van der Waals surface area (Å²) in [5.74, 6) is 1.22. The molecular weight excluding hydrogens is 450 g/mol. The molecule has 0 atom stereocenters. The number of halogens is 1. The molecule has 34 heavy (non-hydrogen) atoms. The van der Waals surface area contributed by atoms with Gasteiger partial charge in [0, 0.05) is 29.0 Å². The lowest BCUT2D eigenvalue weighted by atomic mass is 10.1. The molecule has 0 saturated heterocycles. The quantitative estimate of drug-likeness (QED) is 0.252. The highest BCUT2D eigenvalue weighted by Gasteiger charge is 2.10. The van der Waals surface area contributed by atoms with Crippen molar-refractivity contribution >= 4 is 57.4 Å². The number of anilines is 6. The van der Waals surface area contributed by atoms with Crippen molar-refractivity contribution in [3.63, 3.8) is 0 Å². The molecule has 4 rings (SSSR count). The number of aromatic nitrogens is 4. The van der Waals surface area contributed by atoms with Crippen LogP contribution in [-0.2, 0) is 0 Å². The van der Waals surface area contributed by atoms with Crippen molar-refractivity contribution < 1.29 is 0 Å². The predicted octanol–water partition coefficient (Wildman–Crippen LogP) is 4.81. The molecular formula is C24H28ClN9. The van der Waals surface area contributed by atoms with Gasteiger partial charge in [-0.2, -0.15) is 15.0 Å². The number of nitrogen functional groups attached to an aromatic ring is 1. The molecule has 0 aliphatic carbocycles. The number of nitrogens with zero attached hydrogens (tertiary/aromatic N) is 5. The maximum atomic E-state index is 6.31. The van der Waals surface area contributed by atoms with E-state index in [1.807, 2.05) is 63.5 Å². The first-order chi connectivity index (χ1) is 16.4. The summed E-state index contributed by atoms with van der Waals surface area (Å²) in [5, 5.41) is 11.2. The number of hydrogen-bond donors (Lipinski definition) is 4. The van der Waals surface area contributed by atoms with Crippen LogP contribution in [0.1, 0.15) is 12.1 Å². The Kier molecular flexibility index (Phi) is 7.24. The van der Waals surface area contributed by atoms with Crippen LogP contribution in [0.5, 0.6) is 0 Å². The number of nitrogens with one attached hydrogen (secondary N) is 3. The average Bonchev–Trinajstić information content (AvgIpc) is 2.78. The topological polar surface area (TPSA) is 117 Å². The van der Waals surface area contributed by atoms with E-state index in [-0.39, 0.29) is 0 Å². The average molecular weight is 478 g/mol. The smallest absolute Gasteiger partial charge is 0.233 e. The monoisotopic (exact) mass is 477 g/mol. The van der Waals surface area contributed by atoms with E-state index in [1.165, 1.54) is 0 Å². The lowest BCUT2D eigenvalue weighted by Crippen LogP contribution is -2.17. The van der Waals surface area contributed by atoms with Crippen molar-refractivity contribution in [1.82, 2.24) is 24.8 Å². The fourth-order valence-corrected chi connectivity index (χ4v) is 3.62. The van der Waals surface area contributed by atoms with Gasteiger partial charge in [0.05, 0.1) is 16.2 Å². The van der Waals surface area contributed by atoms with Crippen LogP contribution in [0.4, 0.5) is 34.9 Å². The van der Waals surface area contributed by atoms with Crippen molar-refractivity contribution in [3.8, 4) is 0 Å². The second-order valence-electron chi connectivity index (χ2n) is 8.20. The highest BCUT2D eigenvalue weighted by atomic mass is 35.5. The van der Waals surface area contributed by atoms with Gasteiger partial charge in [-0.25, -0.2) is 0 Å². The SMILES string of the molecule is Cc1cc(N)c2cc(Nc3nc(NCCCN(C)C)nc(Nc4ccccc4Cl)n3)ccc2n1. The largest absolute Gasteiger partial charge is 0.398 e. The number of pyridine rings is 1. The fourth-order valence-electron chi connectivity index (χ4n) is 3.44. The van der Waals surface area contributed by atoms with Crippen LogP contribution in [0.25, 0.3) is 10.9 Å². The molecule has 0 aliphatic rings. The van der Waals surface area contributed by atoms with Gasteiger partial charge in [0.1, 0.15) is 0 Å². The number of benzene rings is 2. The van der Waals surface area contributed by atoms with Crippen LogP contribution in [-0.4, -0.2) is 52.0 Å². The van der Waals surface area contributed by atoms with Crippen molar-refractivity contribution in [1.29, 1.82) is 0 Å². The van der Waals surface area contributed by atoms with Gasteiger partial charge in [-0.3, -0.25) is 4.98 Å². The van der Waals surface area contributed by atoms with Crippen molar-refractivity contribution in [2.75, 3.05) is 48.9 Å². The Bertz CT molecular complexity index is 1290. The summed E-state index contributed by atoms with van der Waals surface area (Å²) < 4.78 is 0. The summed E-state index contributed by atoms with van der Waals surface area (Å²) in [6.45, 7) is 3.61. The number of nitrogens with two attached hydrogens (primary N) is 1. The first kappa shape index (κ1) is 23.5. The summed E-state index contributed by atoms with van der Waals surface area (Å²) in [6, 6.07) is 15.1. The third-order valence-electron chi connectivity index (χ3n) is 5.05. The summed E-state index contributed by atoms with van der Waals surface area (Å²) in [4.78, 5) is 20.3. The van der Waals surface area contributed by atoms with E-state index in [1.54, 1.807) is 6.07 Å². The second-order valence-corrected chi connectivity index (χ2v) is 8.61. The minimum atomic E-state index is 0.373. The number of fused-ring (bicyclic) bond motifs is 1. The lowest BCUT2D eigenvalue weighted by molar-refractivity contribution is 0.405. The minimum absolute atomic E-state index is 0.373. The highest BCUT2D eigenvalue weighted by molar-refractivity contribution is 6.33. The molecule has 0 radical (unpaired) electrons. The molecule has 0 amide bonds. The third kappa shape index (κ3) is 6.00. The van der Waals surface area contributed by atoms with Gasteiger partial charge in [-0.05, 0) is 70.4 Å². The molecule has 5 N–H and O–H groups in total. The van der Waals surface area contributed by atoms with Gasteiger partial charge in [0.25, 0.3) is 0 Å². The molecule has 176 valence electrons. The van der Waals surface area contributed by atoms with Gasteiger partial charge < -0.3 is 26.6 Å². The molecule has 0 aliphatic heterocycles. The molecule has 10 heteroatoms. The Morgan fingerprint density at radius 3 is 2.41 bits per heavy atom. The standard InChI is InChI=1S/C24H28ClN9/c1-15-13-19(26)17-14-16(9-10-20(17)28-15)29-23-31-22(27-11-6-12-34(2)3)32-24(33-23)30-21-8-5-4-7-18(21)25/h4-5,7-10,13-14H,6,11-12H2,1-3H3,(H2,26,28)(H3,27,29,30,31,32,33). The van der Waals surface area contributed by atoms with E-state index >= 15 is 0 Å². The zero-order valence-electron chi connectivity index (χ0n) is 19.4. The van der Waals surface area contributed by atoms with Gasteiger partial charge in [0.15, 0.2) is 0 Å². The van der Waals surface area contributed by atoms with E-state index in [0.29, 0.717) is 34.2 Å². The van der Waals surface area contributed by atoms with Crippen molar-refractivity contribution in [2.45, 2.75) is 13.3 Å². The molecule has 2 aromatic heterocycles. The number of aryl methyl sites for hydroxylation is 1. The summed E-state index contributed by atoms with van der Waals surface area (Å²) in [5.41, 5.74) is 10.1. The molecule has 0 saturated carbocycles. The minimum Gasteiger partial charge on any atom is -0.398 e. The molecule has 0 unspecified atom stereocenters. The molecule has 0 bridgehead atoms. The van der Waals surface area contributed by atoms with Crippen LogP contribution in [0, 0.1) is 6.92 Å². The number of para-hydroxylation sites is 1. The Hall–Kier alpha value is -3.69. The Morgan fingerprint density at radius 2 is 1.65 bits per heavy atom. The van der Waals surface area contributed by atoms with Gasteiger partial charge in [-0.15, -0.1) is 0 Å². The second kappa shape index (κ2) is 10.5. The van der Waals surface area contributed by atoms with Crippen LogP contribution in [0.15, 0.2) is 48.5 Å². The first-order valence-electron chi connectivity index (χ1n) is 11.0. The fraction of sp³-hybridized carbons (Fsp3) is 0.250. The molecule has 0 fully saturated rings. The molecule has 9 nitrogen and oxygen atoms in total. The van der Waals surface area contributed by atoms with E-state index < -0.39 is 0 Å². The number of rotatable bonds is 9. The van der Waals surface area contributed by atoms with Crippen molar-refractivity contribution in [3.05, 3.63) is 59.2 Å². The molecule has 4 aromatic rings. The zero-order chi connectivity index (χ0) is 24.1. The van der Waals surface area contributed by atoms with Crippen molar-refractivity contribution in [2.24, 2.45) is 0 Å². The third-order valence-corrected chi connectivity index (χ3v) is 5.38. The molecule has 0 spiro atoms. The number of hydrogen-bond acceptors (Lipinski definition) is 9. The van der Waals surface area contributed by atoms with E-state index in [4.69, 9.17) is 17.3 Å². The normalized spacial score (nSPS) is 11.1. The summed E-state index contributed by atoms with van der Waals surface area (Å²) in [7, 11) is 4.09. The van der Waals surface area contributed by atoms with Crippen LogP contribution in [0.3, 0.4) is 0 Å². The summed E-state index contributed by atoms with van der Waals surface area (Å²) >= 11 is 6.31. The predicted molar refractivity (Wildman–Crippen MR) is 140 cm³/mol. The van der Waals surface area contributed by atoms with E-state index in [0.717, 1.165) is 41.8 Å². The maximum Gasteiger partial charge on any atom is 0.233 e. The van der Waals surface area contributed by atoms with Gasteiger partial charge in [-0.1, -0.05) is 23.7 Å². The van der Waals surface area contributed by atoms with Crippen LogP contribution in [0.2, 0.25) is 5.02 Å². The van der Waals surface area contributed by atoms with Crippen LogP contribution < -0.4 is 21.7 Å². The van der Waals surface area contributed by atoms with E-state index in [2.05, 4.69) is 40.8 Å². The Morgan fingerprint density at radius 1 is 0.912 bits per heavy atom. The molecule has 2 aromatic carbocycles. The first-order valence-corrected chi connectivity index (χ1v) is 11.4. The van der Waals surface area contributed by atoms with E-state index in [9.17, 15) is 0 Å². The zero-order valence-corrected chi connectivity index (χ0v) is 20.2. The molecule has 2 heterocycles. The van der Waals surface area contributed by atoms with Crippen LogP contribution >= 0.6 is 11.6 Å². The Balaban J connectivity index is 1.61. The van der Waals surface area contributed by atoms with Gasteiger partial charge >= 0.3 is 0 Å². The maximum absolute atomic E-state index is 6.31. The summed E-state index contributed by atoms with van der Waals surface area (Å²) in [6.07, 6.45) is 0.949. The lowest BCUT2D eigenvalue weighted by Gasteiger charge is -2.13.